The van der Waals surface area contributed by atoms with Crippen LogP contribution in [0.5, 0.6) is 0 Å². The molecule has 11 atom stereocenters. The molecule has 0 aromatic rings. The van der Waals surface area contributed by atoms with Crippen molar-refractivity contribution < 1.29 is 77.6 Å². The lowest BCUT2D eigenvalue weighted by Crippen LogP contribution is -2.66. The Morgan fingerprint density at radius 2 is 0.777 bits per heavy atom. The van der Waals surface area contributed by atoms with Gasteiger partial charge in [0.05, 0.1) is 23.3 Å². The fourth-order valence-electron chi connectivity index (χ4n) is 9.80. The lowest BCUT2D eigenvalue weighted by atomic mass is 9.92. The summed E-state index contributed by atoms with van der Waals surface area (Å²) >= 11 is 0. The summed E-state index contributed by atoms with van der Waals surface area (Å²) in [4.78, 5) is 183. The van der Waals surface area contributed by atoms with Gasteiger partial charge in [0.15, 0.2) is 0 Å². The van der Waals surface area contributed by atoms with E-state index in [0.717, 1.165) is 0 Å². The molecule has 0 spiro atoms. The molecule has 0 heterocycles. The molecule has 0 bridgehead atoms. The van der Waals surface area contributed by atoms with E-state index in [-0.39, 0.29) is 66.0 Å². The van der Waals surface area contributed by atoms with Crippen molar-refractivity contribution in [3.8, 4) is 0 Å². The van der Waals surface area contributed by atoms with Gasteiger partial charge in [-0.1, -0.05) is 103 Å². The average molecular weight is 1460 g/mol. The monoisotopic (exact) mass is 1460 g/mol. The second-order valence-corrected chi connectivity index (χ2v) is 29.8. The van der Waals surface area contributed by atoms with E-state index >= 15 is 0 Å². The van der Waals surface area contributed by atoms with Crippen LogP contribution in [0.25, 0.3) is 0 Å². The van der Waals surface area contributed by atoms with Crippen LogP contribution in [0, 0.1) is 29.6 Å². The summed E-state index contributed by atoms with van der Waals surface area (Å²) in [7, 11) is 3.76. The molecule has 13 amide bonds. The third kappa shape index (κ3) is 30.2. The first-order chi connectivity index (χ1) is 47.2. The van der Waals surface area contributed by atoms with Crippen molar-refractivity contribution in [1.82, 2.24) is 74.0 Å². The number of rotatable bonds is 41. The van der Waals surface area contributed by atoms with E-state index in [2.05, 4.69) is 69.1 Å². The van der Waals surface area contributed by atoms with Crippen LogP contribution in [0.4, 0.5) is 0 Å². The van der Waals surface area contributed by atoms with E-state index < -0.39 is 172 Å². The fourth-order valence-corrected chi connectivity index (χ4v) is 9.80. The Kier molecular flexibility index (Phi) is 39.2. The lowest BCUT2D eigenvalue weighted by molar-refractivity contribution is -0.142. The van der Waals surface area contributed by atoms with E-state index in [4.69, 9.17) is 5.73 Å². The summed E-state index contributed by atoms with van der Waals surface area (Å²) in [5.41, 5.74) is 0.934. The predicted molar refractivity (Wildman–Crippen MR) is 393 cm³/mol. The fraction of sp³-hybridized carbons (Fsp3) is 0.708. The molecule has 31 heteroatoms. The summed E-state index contributed by atoms with van der Waals surface area (Å²) in [6.07, 6.45) is 1.11. The second kappa shape index (κ2) is 42.6. The second-order valence-electron chi connectivity index (χ2n) is 29.8. The molecule has 103 heavy (non-hydrogen) atoms. The standard InChI is InChI=1S/C72H127N15O16/c1-28-40(16)51(83-67(98)55(73)72(25,103)32-5)59(90)74-33-46(88)77-52(41(17)29-2)65(96)81-50(39(14)15)63(94)82-54(43(19)31-4)66(97)85-57(71(23,24)102)69(100)86-56(70(21,22)101)68(99)84-53(42(18)30-3)64(95)75-44(20)58(89)78-48(37(10)11)61(92)80-49(38(12)13)62(93)79-47(36(8)9)60(91)76-45(35(6)7)34-87(26)27/h35,37-39,43-45,48-50,54-57,101-103H,28-34,73H2,1-27H3,(H,74,90)(H,75,95)(H,76,91)(H,77,88)(H,78,89)(H,79,93)(H,80,92)(H,81,96)(H,82,94)(H,83,98)(H,84,99)(H,85,97)(H,86,100)/b51-40-,52-41+,53-42-/t43-,44+,45+,48-,49+,50+,54+,55+,56-,57+,72+/m0/s1. The van der Waals surface area contributed by atoms with Gasteiger partial charge in [0.1, 0.15) is 71.1 Å². The third-order valence-electron chi connectivity index (χ3n) is 17.8. The zero-order valence-corrected chi connectivity index (χ0v) is 66.2. The van der Waals surface area contributed by atoms with Crippen LogP contribution in [-0.4, -0.2) is 195 Å². The van der Waals surface area contributed by atoms with E-state index in [1.165, 1.54) is 48.5 Å². The zero-order valence-electron chi connectivity index (χ0n) is 66.2. The molecule has 0 aromatic carbocycles. The minimum atomic E-state index is -2.13. The quantitative estimate of drug-likeness (QED) is 0.0381. The summed E-state index contributed by atoms with van der Waals surface area (Å²) in [5.74, 6) is -13.8. The highest BCUT2D eigenvalue weighted by atomic mass is 16.3. The Morgan fingerprint density at radius 3 is 1.19 bits per heavy atom. The molecule has 0 unspecified atom stereocenters. The SMILES string of the molecule is CC/C(C)=C(\NC(=O)[C@@H](N)[C@](C)(O)CC)C(=O)NCC(=O)N/C(C(=O)N[C@@H](C(=O)N[C@@H](C(=O)N[C@H](C(=O)N[C@@H](C(=O)N/C(C(=O)N[C@H](C)C(=O)N[C@H](C(=O)N[C@@H](C(=O)NC(C(=O)N[C@H](CN(C)C)C(C)C)=C(C)C)C(C)C)C(C)C)=C(/C)CC)C(C)(C)O)C(C)(C)O)[C@@H](C)CC)C(C)C)=C(\C)CC. The predicted octanol–water partition coefficient (Wildman–Crippen LogP) is 1.07. The van der Waals surface area contributed by atoms with Crippen LogP contribution in [-0.2, 0) is 62.3 Å². The number of nitrogens with two attached hydrogens (primary N) is 1. The third-order valence-corrected chi connectivity index (χ3v) is 17.8. The molecule has 0 rings (SSSR count). The van der Waals surface area contributed by atoms with Crippen LogP contribution in [0.3, 0.4) is 0 Å². The Balaban J connectivity index is 6.77. The molecule has 0 aliphatic rings. The van der Waals surface area contributed by atoms with Crippen molar-refractivity contribution >= 4 is 76.8 Å². The minimum Gasteiger partial charge on any atom is -0.388 e. The van der Waals surface area contributed by atoms with Gasteiger partial charge in [0.2, 0.25) is 53.2 Å². The Hall–Kier alpha value is -8.13. The molecular weight excluding hydrogens is 1330 g/mol. The molecule has 586 valence electrons. The van der Waals surface area contributed by atoms with Crippen LogP contribution in [0.2, 0.25) is 0 Å². The molecule has 0 radical (unpaired) electrons. The van der Waals surface area contributed by atoms with Crippen LogP contribution >= 0.6 is 0 Å². The zero-order chi connectivity index (χ0) is 80.4. The number of nitrogens with zero attached hydrogens (tertiary/aromatic N) is 1. The maximum absolute atomic E-state index is 14.5. The normalized spacial score (nSPS) is 16.1. The maximum atomic E-state index is 14.5. The van der Waals surface area contributed by atoms with Gasteiger partial charge in [-0.15, -0.1) is 0 Å². The summed E-state index contributed by atoms with van der Waals surface area (Å²) in [6.45, 7) is 39.1. The van der Waals surface area contributed by atoms with Crippen molar-refractivity contribution in [2.24, 2.45) is 35.3 Å². The molecule has 0 fully saturated rings. The largest absolute Gasteiger partial charge is 0.388 e. The van der Waals surface area contributed by atoms with Gasteiger partial charge in [-0.05, 0) is 168 Å². The van der Waals surface area contributed by atoms with Gasteiger partial charge in [-0.25, -0.2) is 0 Å². The topological polar surface area (TPSA) is 468 Å². The van der Waals surface area contributed by atoms with Crippen LogP contribution < -0.4 is 74.9 Å². The Morgan fingerprint density at radius 1 is 0.408 bits per heavy atom. The Labute approximate surface area is 610 Å². The van der Waals surface area contributed by atoms with Crippen molar-refractivity contribution in [2.75, 3.05) is 27.2 Å². The number of likely N-dealkylation sites (N-methyl/N-ethyl adjacent to an activating group) is 1. The van der Waals surface area contributed by atoms with Gasteiger partial charge in [0.25, 0.3) is 23.6 Å². The highest BCUT2D eigenvalue weighted by molar-refractivity contribution is 6.05. The molecule has 0 aliphatic carbocycles. The van der Waals surface area contributed by atoms with E-state index in [1.807, 2.05) is 32.8 Å². The number of carbonyl (C=O) groups excluding carboxylic acids is 13. The first kappa shape index (κ1) is 94.9. The number of hydrogen-bond acceptors (Lipinski definition) is 18. The minimum absolute atomic E-state index is 0.0192. The van der Waals surface area contributed by atoms with E-state index in [9.17, 15) is 77.6 Å². The lowest BCUT2D eigenvalue weighted by Gasteiger charge is -2.35. The number of hydrogen-bond donors (Lipinski definition) is 17. The van der Waals surface area contributed by atoms with Crippen molar-refractivity contribution in [3.63, 3.8) is 0 Å². The number of carbonyl (C=O) groups is 13. The summed E-state index contributed by atoms with van der Waals surface area (Å²) < 4.78 is 0. The first-order valence-electron chi connectivity index (χ1n) is 35.5. The van der Waals surface area contributed by atoms with Gasteiger partial charge in [-0.2, -0.15) is 0 Å². The molecule has 18 N–H and O–H groups in total. The number of allylic oxidation sites excluding steroid dienone is 4. The number of amides is 13. The van der Waals surface area contributed by atoms with Crippen molar-refractivity contribution in [2.45, 2.75) is 276 Å². The van der Waals surface area contributed by atoms with Crippen molar-refractivity contribution in [3.05, 3.63) is 45.1 Å². The summed E-state index contributed by atoms with van der Waals surface area (Å²) in [5, 5.41) is 67.2. The summed E-state index contributed by atoms with van der Waals surface area (Å²) in [6, 6.07) is -12.1. The van der Waals surface area contributed by atoms with E-state index in [1.54, 1.807) is 111 Å². The van der Waals surface area contributed by atoms with Crippen LogP contribution in [0.1, 0.15) is 205 Å². The van der Waals surface area contributed by atoms with Gasteiger partial charge in [-0.3, -0.25) is 62.3 Å². The van der Waals surface area contributed by atoms with Gasteiger partial charge >= 0.3 is 0 Å². The molecule has 0 aromatic heterocycles. The van der Waals surface area contributed by atoms with Crippen molar-refractivity contribution in [1.29, 1.82) is 0 Å². The highest BCUT2D eigenvalue weighted by Crippen LogP contribution is 2.20. The molecule has 0 aliphatic heterocycles. The molecular formula is C72H127N15O16. The Bertz CT molecular complexity index is 3150. The van der Waals surface area contributed by atoms with Gasteiger partial charge < -0.3 is 95.1 Å². The van der Waals surface area contributed by atoms with E-state index in [0.29, 0.717) is 29.7 Å². The molecule has 0 saturated heterocycles. The first-order valence-corrected chi connectivity index (χ1v) is 35.5. The van der Waals surface area contributed by atoms with Crippen LogP contribution in [0.15, 0.2) is 45.1 Å². The molecule has 0 saturated carbocycles. The number of aliphatic hydroxyl groups is 3. The molecule has 31 nitrogen and oxygen atoms in total. The number of nitrogens with one attached hydrogen (secondary N) is 13. The smallest absolute Gasteiger partial charge is 0.268 e. The average Bonchev–Trinajstić information content (AvgIpc) is 0.815. The highest BCUT2D eigenvalue weighted by Gasteiger charge is 2.44. The van der Waals surface area contributed by atoms with Gasteiger partial charge in [0, 0.05) is 12.6 Å². The maximum Gasteiger partial charge on any atom is 0.268 e.